The minimum atomic E-state index is 0.860. The topological polar surface area (TPSA) is 16.4 Å². The van der Waals surface area contributed by atoms with E-state index in [0.29, 0.717) is 0 Å². The summed E-state index contributed by atoms with van der Waals surface area (Å²) in [5, 5.41) is 12.0. The summed E-state index contributed by atoms with van der Waals surface area (Å²) in [5.41, 5.74) is 12.0. The van der Waals surface area contributed by atoms with E-state index in [1.165, 1.54) is 59.8 Å². The van der Waals surface area contributed by atoms with Crippen molar-refractivity contribution < 1.29 is 4.42 Å². The molecule has 0 atom stereocenters. The molecule has 280 valence electrons. The Kier molecular flexibility index (Phi) is 7.89. The average molecular weight is 764 g/mol. The Balaban J connectivity index is 0.981. The van der Waals surface area contributed by atoms with E-state index in [9.17, 15) is 0 Å². The lowest BCUT2D eigenvalue weighted by molar-refractivity contribution is 0.669. The molecule has 12 rings (SSSR count). The van der Waals surface area contributed by atoms with Gasteiger partial charge in [0.2, 0.25) is 0 Å². The van der Waals surface area contributed by atoms with Gasteiger partial charge in [0.05, 0.1) is 11.4 Å². The first kappa shape index (κ1) is 34.1. The number of nitrogens with zero attached hydrogens (tertiary/aromatic N) is 1. The Labute approximate surface area is 347 Å². The van der Waals surface area contributed by atoms with Gasteiger partial charge >= 0.3 is 0 Å². The number of hydrogen-bond acceptors (Lipinski definition) is 2. The van der Waals surface area contributed by atoms with E-state index in [-0.39, 0.29) is 0 Å². The van der Waals surface area contributed by atoms with Gasteiger partial charge < -0.3 is 9.32 Å². The summed E-state index contributed by atoms with van der Waals surface area (Å²) >= 11 is 0. The van der Waals surface area contributed by atoms with Crippen molar-refractivity contribution in [2.45, 2.75) is 0 Å². The third-order valence-corrected chi connectivity index (χ3v) is 12.2. The van der Waals surface area contributed by atoms with Crippen LogP contribution in [-0.2, 0) is 0 Å². The zero-order valence-electron chi connectivity index (χ0n) is 32.7. The fraction of sp³-hybridized carbons (Fsp3) is 0. The smallest absolute Gasteiger partial charge is 0.159 e. The van der Waals surface area contributed by atoms with Gasteiger partial charge in [-0.05, 0) is 126 Å². The number of fused-ring (bicyclic) bond motifs is 8. The fourth-order valence-corrected chi connectivity index (χ4v) is 9.18. The lowest BCUT2D eigenvalue weighted by Gasteiger charge is -2.28. The molecular weight excluding hydrogens is 727 g/mol. The molecule has 0 saturated heterocycles. The molecule has 0 bridgehead atoms. The molecule has 0 aliphatic heterocycles. The molecule has 0 N–H and O–H groups in total. The molecule has 0 unspecified atom stereocenters. The molecule has 0 amide bonds. The van der Waals surface area contributed by atoms with Crippen molar-refractivity contribution in [2.24, 2.45) is 0 Å². The maximum absolute atomic E-state index is 6.87. The molecule has 2 heteroatoms. The molecule has 0 radical (unpaired) electrons. The van der Waals surface area contributed by atoms with E-state index >= 15 is 0 Å². The van der Waals surface area contributed by atoms with E-state index in [2.05, 4.69) is 229 Å². The third-order valence-electron chi connectivity index (χ3n) is 12.2. The highest BCUT2D eigenvalue weighted by Gasteiger charge is 2.23. The quantitative estimate of drug-likeness (QED) is 0.168. The molecule has 1 aromatic heterocycles. The van der Waals surface area contributed by atoms with Crippen LogP contribution >= 0.6 is 0 Å². The van der Waals surface area contributed by atoms with Crippen LogP contribution in [0.25, 0.3) is 98.4 Å². The Morgan fingerprint density at radius 1 is 0.300 bits per heavy atom. The summed E-state index contributed by atoms with van der Waals surface area (Å²) in [6.07, 6.45) is 0. The summed E-state index contributed by atoms with van der Waals surface area (Å²) in [6, 6.07) is 81.3. The third kappa shape index (κ3) is 5.73. The summed E-state index contributed by atoms with van der Waals surface area (Å²) in [6.45, 7) is 0. The van der Waals surface area contributed by atoms with Crippen LogP contribution in [0.4, 0.5) is 17.1 Å². The highest BCUT2D eigenvalue weighted by Crippen LogP contribution is 2.47. The van der Waals surface area contributed by atoms with E-state index in [1.807, 2.05) is 0 Å². The van der Waals surface area contributed by atoms with E-state index in [4.69, 9.17) is 4.42 Å². The Morgan fingerprint density at radius 3 is 1.47 bits per heavy atom. The maximum Gasteiger partial charge on any atom is 0.159 e. The molecule has 0 aliphatic rings. The number of hydrogen-bond donors (Lipinski definition) is 0. The van der Waals surface area contributed by atoms with Gasteiger partial charge in [-0.3, -0.25) is 0 Å². The Morgan fingerprint density at radius 2 is 0.767 bits per heavy atom. The zero-order chi connectivity index (χ0) is 39.6. The van der Waals surface area contributed by atoms with Crippen LogP contribution in [0.5, 0.6) is 0 Å². The lowest BCUT2D eigenvalue weighted by Crippen LogP contribution is -2.11. The molecule has 11 aromatic carbocycles. The first-order chi connectivity index (χ1) is 29.7. The van der Waals surface area contributed by atoms with Gasteiger partial charge in [0.1, 0.15) is 5.58 Å². The molecule has 60 heavy (non-hydrogen) atoms. The van der Waals surface area contributed by atoms with Gasteiger partial charge in [-0.2, -0.15) is 0 Å². The largest absolute Gasteiger partial charge is 0.454 e. The molecular formula is C58H37NO. The van der Waals surface area contributed by atoms with Crippen LogP contribution in [-0.4, -0.2) is 0 Å². The van der Waals surface area contributed by atoms with Gasteiger partial charge in [0, 0.05) is 22.0 Å². The molecule has 1 heterocycles. The minimum Gasteiger partial charge on any atom is -0.454 e. The predicted octanol–water partition coefficient (Wildman–Crippen LogP) is 16.7. The standard InChI is InChI=1S/C58H37NO/c1-3-13-42-34-45(22-20-38(42)10-1)48-26-25-46-35-44(23-24-47(46)36-48)40-28-31-50(32-29-40)59(54-18-8-7-15-51(54)49-27-21-39-11-2-4-14-43(39)37-49)55-19-9-17-53-57-52-16-6-5-12-41(52)30-33-56(57)60-58(53)55/h1-37H. The number of benzene rings is 11. The monoisotopic (exact) mass is 763 g/mol. The molecule has 12 aromatic rings. The summed E-state index contributed by atoms with van der Waals surface area (Å²) in [4.78, 5) is 2.37. The summed E-state index contributed by atoms with van der Waals surface area (Å²) < 4.78 is 6.87. The van der Waals surface area contributed by atoms with Crippen molar-refractivity contribution >= 4 is 82.1 Å². The average Bonchev–Trinajstić information content (AvgIpc) is 3.72. The first-order valence-corrected chi connectivity index (χ1v) is 20.6. The molecule has 0 saturated carbocycles. The van der Waals surface area contributed by atoms with E-state index in [1.54, 1.807) is 0 Å². The highest BCUT2D eigenvalue weighted by molar-refractivity contribution is 6.21. The van der Waals surface area contributed by atoms with Gasteiger partial charge in [0.15, 0.2) is 5.58 Å². The predicted molar refractivity (Wildman–Crippen MR) is 255 cm³/mol. The van der Waals surface area contributed by atoms with Gasteiger partial charge in [-0.15, -0.1) is 0 Å². The second kappa shape index (κ2) is 13.9. The molecule has 0 spiro atoms. The van der Waals surface area contributed by atoms with Crippen LogP contribution in [0, 0.1) is 0 Å². The van der Waals surface area contributed by atoms with Crippen molar-refractivity contribution in [3.63, 3.8) is 0 Å². The first-order valence-electron chi connectivity index (χ1n) is 20.6. The normalized spacial score (nSPS) is 11.7. The van der Waals surface area contributed by atoms with Crippen LogP contribution in [0.2, 0.25) is 0 Å². The van der Waals surface area contributed by atoms with Crippen molar-refractivity contribution in [2.75, 3.05) is 4.90 Å². The number of para-hydroxylation sites is 2. The van der Waals surface area contributed by atoms with Crippen LogP contribution in [0.15, 0.2) is 229 Å². The van der Waals surface area contributed by atoms with Crippen LogP contribution < -0.4 is 4.90 Å². The Hall–Kier alpha value is -7.94. The summed E-state index contributed by atoms with van der Waals surface area (Å²) in [7, 11) is 0. The maximum atomic E-state index is 6.87. The van der Waals surface area contributed by atoms with Crippen LogP contribution in [0.3, 0.4) is 0 Å². The van der Waals surface area contributed by atoms with Gasteiger partial charge in [-0.25, -0.2) is 0 Å². The van der Waals surface area contributed by atoms with E-state index in [0.717, 1.165) is 55.7 Å². The highest BCUT2D eigenvalue weighted by atomic mass is 16.3. The number of anilines is 3. The van der Waals surface area contributed by atoms with Crippen molar-refractivity contribution in [1.29, 1.82) is 0 Å². The molecule has 0 aliphatic carbocycles. The zero-order valence-corrected chi connectivity index (χ0v) is 32.7. The van der Waals surface area contributed by atoms with Gasteiger partial charge in [0.25, 0.3) is 0 Å². The van der Waals surface area contributed by atoms with Crippen molar-refractivity contribution in [3.05, 3.63) is 224 Å². The second-order valence-corrected chi connectivity index (χ2v) is 15.7. The van der Waals surface area contributed by atoms with Crippen LogP contribution in [0.1, 0.15) is 0 Å². The lowest BCUT2D eigenvalue weighted by atomic mass is 9.96. The van der Waals surface area contributed by atoms with Crippen molar-refractivity contribution in [3.8, 4) is 33.4 Å². The molecule has 2 nitrogen and oxygen atoms in total. The second-order valence-electron chi connectivity index (χ2n) is 15.7. The summed E-state index contributed by atoms with van der Waals surface area (Å²) in [5.74, 6) is 0. The Bertz CT molecular complexity index is 3610. The number of furan rings is 1. The minimum absolute atomic E-state index is 0.860. The van der Waals surface area contributed by atoms with Crippen molar-refractivity contribution in [1.82, 2.24) is 0 Å². The fourth-order valence-electron chi connectivity index (χ4n) is 9.18. The molecule has 0 fully saturated rings. The van der Waals surface area contributed by atoms with E-state index < -0.39 is 0 Å². The van der Waals surface area contributed by atoms with Gasteiger partial charge in [-0.1, -0.05) is 170 Å². The number of rotatable bonds is 6. The SMILES string of the molecule is c1ccc(N(c2ccc(-c3ccc4cc(-c5ccc6ccccc6c5)ccc4c3)cc2)c2cccc3c2oc2ccc4ccccc4c23)c(-c2ccc3ccccc3c2)c1.